The average Bonchev–Trinajstić information content (AvgIpc) is 2.48. The van der Waals surface area contributed by atoms with Gasteiger partial charge in [0.05, 0.1) is 4.92 Å². The highest BCUT2D eigenvalue weighted by Gasteiger charge is 2.14. The predicted octanol–water partition coefficient (Wildman–Crippen LogP) is 3.70. The fraction of sp³-hybridized carbons (Fsp3) is 0.188. The van der Waals surface area contributed by atoms with Crippen LogP contribution in [0.25, 0.3) is 0 Å². The molecule has 0 unspecified atom stereocenters. The lowest BCUT2D eigenvalue weighted by molar-refractivity contribution is -0.383. The Morgan fingerprint density at radius 2 is 1.77 bits per heavy atom. The van der Waals surface area contributed by atoms with Gasteiger partial charge in [0.15, 0.2) is 5.11 Å². The minimum atomic E-state index is -0.419. The van der Waals surface area contributed by atoms with Crippen molar-refractivity contribution in [2.24, 2.45) is 0 Å². The summed E-state index contributed by atoms with van der Waals surface area (Å²) < 4.78 is 0. The zero-order valence-corrected chi connectivity index (χ0v) is 13.2. The Balaban J connectivity index is 2.00. The van der Waals surface area contributed by atoms with Gasteiger partial charge in [-0.1, -0.05) is 35.9 Å². The normalized spacial score (nSPS) is 10.1. The lowest BCUT2D eigenvalue weighted by atomic mass is 10.1. The van der Waals surface area contributed by atoms with E-state index in [0.29, 0.717) is 17.3 Å². The van der Waals surface area contributed by atoms with Gasteiger partial charge >= 0.3 is 0 Å². The van der Waals surface area contributed by atoms with Crippen molar-refractivity contribution in [2.75, 3.05) is 5.32 Å². The Bertz CT molecular complexity index is 699. The lowest BCUT2D eigenvalue weighted by Crippen LogP contribution is -2.28. The molecule has 0 aliphatic rings. The fourth-order valence-corrected chi connectivity index (χ4v) is 2.14. The topological polar surface area (TPSA) is 67.2 Å². The van der Waals surface area contributed by atoms with Crippen LogP contribution >= 0.6 is 12.2 Å². The number of nitro benzene ring substituents is 1. The minimum absolute atomic E-state index is 0.0134. The first-order valence-corrected chi connectivity index (χ1v) is 7.22. The van der Waals surface area contributed by atoms with Gasteiger partial charge in [-0.15, -0.1) is 0 Å². The number of thiocarbonyl (C=S) groups is 1. The summed E-state index contributed by atoms with van der Waals surface area (Å²) in [5, 5.41) is 17.3. The first kappa shape index (κ1) is 15.9. The first-order valence-electron chi connectivity index (χ1n) is 6.81. The van der Waals surface area contributed by atoms with E-state index in [9.17, 15) is 10.1 Å². The summed E-state index contributed by atoms with van der Waals surface area (Å²) in [6.45, 7) is 4.40. The number of nitrogens with one attached hydrogen (secondary N) is 2. The molecule has 6 heteroatoms. The molecule has 0 aliphatic carbocycles. The second-order valence-electron chi connectivity index (χ2n) is 5.07. The summed E-state index contributed by atoms with van der Waals surface area (Å²) in [4.78, 5) is 10.6. The maximum atomic E-state index is 11.1. The number of rotatable bonds is 4. The van der Waals surface area contributed by atoms with Crippen LogP contribution in [0, 0.1) is 24.0 Å². The SMILES string of the molecule is Cc1ccc(CNC(=S)Nc2ccc(C)cc2[N+](=O)[O-])cc1. The molecule has 0 spiro atoms. The molecule has 0 atom stereocenters. The van der Waals surface area contributed by atoms with Crippen molar-refractivity contribution in [1.82, 2.24) is 5.32 Å². The molecule has 5 nitrogen and oxygen atoms in total. The van der Waals surface area contributed by atoms with Crippen LogP contribution in [0.1, 0.15) is 16.7 Å². The monoisotopic (exact) mass is 315 g/mol. The molecule has 2 N–H and O–H groups in total. The number of nitrogens with zero attached hydrogens (tertiary/aromatic N) is 1. The van der Waals surface area contributed by atoms with Gasteiger partial charge in [-0.25, -0.2) is 0 Å². The highest BCUT2D eigenvalue weighted by atomic mass is 32.1. The van der Waals surface area contributed by atoms with E-state index in [1.54, 1.807) is 12.1 Å². The smallest absolute Gasteiger partial charge is 0.292 e. The summed E-state index contributed by atoms with van der Waals surface area (Å²) in [7, 11) is 0. The van der Waals surface area contributed by atoms with Gasteiger partial charge in [-0.3, -0.25) is 10.1 Å². The van der Waals surface area contributed by atoms with Gasteiger partial charge in [0.2, 0.25) is 0 Å². The first-order chi connectivity index (χ1) is 10.5. The summed E-state index contributed by atoms with van der Waals surface area (Å²) in [6, 6.07) is 13.1. The Morgan fingerprint density at radius 1 is 1.14 bits per heavy atom. The molecule has 114 valence electrons. The van der Waals surface area contributed by atoms with Crippen LogP contribution in [0.5, 0.6) is 0 Å². The van der Waals surface area contributed by atoms with Gasteiger partial charge in [0.25, 0.3) is 5.69 Å². The summed E-state index contributed by atoms with van der Waals surface area (Å²) in [6.07, 6.45) is 0. The van der Waals surface area contributed by atoms with Crippen molar-refractivity contribution in [3.8, 4) is 0 Å². The van der Waals surface area contributed by atoms with Crippen molar-refractivity contribution in [1.29, 1.82) is 0 Å². The molecule has 2 aromatic rings. The minimum Gasteiger partial charge on any atom is -0.358 e. The van der Waals surface area contributed by atoms with Crippen molar-refractivity contribution < 1.29 is 4.92 Å². The van der Waals surface area contributed by atoms with E-state index in [2.05, 4.69) is 10.6 Å². The Labute approximate surface area is 134 Å². The van der Waals surface area contributed by atoms with E-state index in [0.717, 1.165) is 11.1 Å². The molecule has 0 saturated carbocycles. The molecule has 0 saturated heterocycles. The van der Waals surface area contributed by atoms with Crippen LogP contribution in [0.15, 0.2) is 42.5 Å². The van der Waals surface area contributed by atoms with Crippen LogP contribution in [0.2, 0.25) is 0 Å². The van der Waals surface area contributed by atoms with Crippen molar-refractivity contribution in [2.45, 2.75) is 20.4 Å². The molecule has 0 radical (unpaired) electrons. The molecule has 0 amide bonds. The quantitative estimate of drug-likeness (QED) is 0.511. The van der Waals surface area contributed by atoms with Crippen LogP contribution in [0.4, 0.5) is 11.4 Å². The largest absolute Gasteiger partial charge is 0.358 e. The van der Waals surface area contributed by atoms with Gasteiger partial charge in [0, 0.05) is 12.6 Å². The molecular weight excluding hydrogens is 298 g/mol. The second kappa shape index (κ2) is 7.00. The summed E-state index contributed by atoms with van der Waals surface area (Å²) >= 11 is 5.20. The van der Waals surface area contributed by atoms with Crippen molar-refractivity contribution in [3.63, 3.8) is 0 Å². The lowest BCUT2D eigenvalue weighted by Gasteiger charge is -2.11. The molecule has 0 heterocycles. The average molecular weight is 315 g/mol. The second-order valence-corrected chi connectivity index (χ2v) is 5.48. The third-order valence-electron chi connectivity index (χ3n) is 3.17. The summed E-state index contributed by atoms with van der Waals surface area (Å²) in [5.74, 6) is 0. The molecular formula is C16H17N3O2S. The Morgan fingerprint density at radius 3 is 2.41 bits per heavy atom. The summed E-state index contributed by atoms with van der Waals surface area (Å²) in [5.41, 5.74) is 3.51. The van der Waals surface area contributed by atoms with Crippen molar-refractivity contribution in [3.05, 3.63) is 69.3 Å². The van der Waals surface area contributed by atoms with Crippen molar-refractivity contribution >= 4 is 28.7 Å². The van der Waals surface area contributed by atoms with Crippen LogP contribution in [-0.4, -0.2) is 10.0 Å². The van der Waals surface area contributed by atoms with E-state index in [1.165, 1.54) is 11.6 Å². The maximum Gasteiger partial charge on any atom is 0.292 e. The Hall–Kier alpha value is -2.47. The number of hydrogen-bond acceptors (Lipinski definition) is 3. The molecule has 0 fully saturated rings. The number of benzene rings is 2. The molecule has 2 rings (SSSR count). The van der Waals surface area contributed by atoms with E-state index in [1.807, 2.05) is 38.1 Å². The number of anilines is 1. The maximum absolute atomic E-state index is 11.1. The van der Waals surface area contributed by atoms with Crippen LogP contribution < -0.4 is 10.6 Å². The van der Waals surface area contributed by atoms with E-state index in [-0.39, 0.29) is 5.69 Å². The van der Waals surface area contributed by atoms with E-state index in [4.69, 9.17) is 12.2 Å². The number of aryl methyl sites for hydroxylation is 2. The Kier molecular flexibility index (Phi) is 5.06. The van der Waals surface area contributed by atoms with Gasteiger partial charge in [-0.05, 0) is 43.3 Å². The molecule has 22 heavy (non-hydrogen) atoms. The van der Waals surface area contributed by atoms with E-state index < -0.39 is 4.92 Å². The molecule has 0 aliphatic heterocycles. The van der Waals surface area contributed by atoms with Crippen LogP contribution in [-0.2, 0) is 6.54 Å². The van der Waals surface area contributed by atoms with Gasteiger partial charge < -0.3 is 10.6 Å². The van der Waals surface area contributed by atoms with Crippen LogP contribution in [0.3, 0.4) is 0 Å². The number of nitro groups is 1. The fourth-order valence-electron chi connectivity index (χ4n) is 1.95. The van der Waals surface area contributed by atoms with E-state index >= 15 is 0 Å². The highest BCUT2D eigenvalue weighted by Crippen LogP contribution is 2.25. The van der Waals surface area contributed by atoms with Gasteiger partial charge in [0.1, 0.15) is 5.69 Å². The number of hydrogen-bond donors (Lipinski definition) is 2. The predicted molar refractivity (Wildman–Crippen MR) is 92.1 cm³/mol. The molecule has 2 aromatic carbocycles. The standard InChI is InChI=1S/C16H17N3O2S/c1-11-3-6-13(7-4-11)10-17-16(22)18-14-8-5-12(2)9-15(14)19(20)21/h3-9H,10H2,1-2H3,(H2,17,18,22). The molecule has 0 bridgehead atoms. The zero-order valence-electron chi connectivity index (χ0n) is 12.4. The van der Waals surface area contributed by atoms with Gasteiger partial charge in [-0.2, -0.15) is 0 Å². The third kappa shape index (κ3) is 4.26. The zero-order chi connectivity index (χ0) is 16.1. The third-order valence-corrected chi connectivity index (χ3v) is 3.42. The molecule has 0 aromatic heterocycles. The highest BCUT2D eigenvalue weighted by molar-refractivity contribution is 7.80.